The normalized spacial score (nSPS) is 16.1. The fraction of sp³-hybridized carbons (Fsp3) is 0.235. The van der Waals surface area contributed by atoms with Gasteiger partial charge in [-0.25, -0.2) is 0 Å². The molecule has 1 aliphatic rings. The van der Waals surface area contributed by atoms with Gasteiger partial charge in [0.25, 0.3) is 0 Å². The third kappa shape index (κ3) is 2.33. The van der Waals surface area contributed by atoms with Crippen molar-refractivity contribution in [3.8, 4) is 11.8 Å². The van der Waals surface area contributed by atoms with Crippen LogP contribution in [0.25, 0.3) is 0 Å². The summed E-state index contributed by atoms with van der Waals surface area (Å²) in [5.74, 6) is 1.37. The lowest BCUT2D eigenvalue weighted by molar-refractivity contribution is 0.332. The van der Waals surface area contributed by atoms with Crippen molar-refractivity contribution in [1.82, 2.24) is 0 Å². The SMILES string of the molecule is CN(CC1COc2ccccc21)c1cccc(C#N)c1. The Bertz CT molecular complexity index is 660. The standard InChI is InChI=1S/C17H16N2O/c1-19(15-6-4-5-13(9-15)10-18)11-14-12-20-17-8-3-2-7-16(14)17/h2-9,14H,11-12H2,1H3. The van der Waals surface area contributed by atoms with Gasteiger partial charge >= 0.3 is 0 Å². The van der Waals surface area contributed by atoms with E-state index in [-0.39, 0.29) is 0 Å². The number of fused-ring (bicyclic) bond motifs is 1. The van der Waals surface area contributed by atoms with Crippen molar-refractivity contribution < 1.29 is 4.74 Å². The number of anilines is 1. The molecule has 0 spiro atoms. The third-order valence-electron chi connectivity index (χ3n) is 3.71. The van der Waals surface area contributed by atoms with Crippen molar-refractivity contribution in [1.29, 1.82) is 5.26 Å². The topological polar surface area (TPSA) is 36.3 Å². The van der Waals surface area contributed by atoms with Crippen molar-refractivity contribution in [2.75, 3.05) is 25.1 Å². The molecule has 0 saturated carbocycles. The van der Waals surface area contributed by atoms with Crippen molar-refractivity contribution in [3.63, 3.8) is 0 Å². The van der Waals surface area contributed by atoms with Crippen LogP contribution in [-0.4, -0.2) is 20.2 Å². The number of nitrogens with zero attached hydrogens (tertiary/aromatic N) is 2. The fourth-order valence-corrected chi connectivity index (χ4v) is 2.63. The Labute approximate surface area is 119 Å². The van der Waals surface area contributed by atoms with Crippen LogP contribution in [0.2, 0.25) is 0 Å². The van der Waals surface area contributed by atoms with E-state index in [1.807, 2.05) is 36.4 Å². The van der Waals surface area contributed by atoms with Gasteiger partial charge in [0.2, 0.25) is 0 Å². The van der Waals surface area contributed by atoms with Gasteiger partial charge in [-0.05, 0) is 24.3 Å². The van der Waals surface area contributed by atoms with Gasteiger partial charge in [0.1, 0.15) is 5.75 Å². The fourth-order valence-electron chi connectivity index (χ4n) is 2.63. The van der Waals surface area contributed by atoms with Crippen molar-refractivity contribution in [2.45, 2.75) is 5.92 Å². The Balaban J connectivity index is 1.77. The molecule has 3 nitrogen and oxygen atoms in total. The molecule has 0 aromatic heterocycles. The number of hydrogen-bond acceptors (Lipinski definition) is 3. The Kier molecular flexibility index (Phi) is 3.30. The summed E-state index contributed by atoms with van der Waals surface area (Å²) in [6, 6.07) is 18.1. The number of likely N-dealkylation sites (N-methyl/N-ethyl adjacent to an activating group) is 1. The first-order chi connectivity index (χ1) is 9.78. The summed E-state index contributed by atoms with van der Waals surface area (Å²) in [7, 11) is 2.05. The molecule has 20 heavy (non-hydrogen) atoms. The molecule has 1 aliphatic heterocycles. The van der Waals surface area contributed by atoms with Gasteiger partial charge in [0.05, 0.1) is 18.2 Å². The lowest BCUT2D eigenvalue weighted by Crippen LogP contribution is -2.25. The van der Waals surface area contributed by atoms with Gasteiger partial charge in [-0.3, -0.25) is 0 Å². The summed E-state index contributed by atoms with van der Waals surface area (Å²) < 4.78 is 5.71. The Morgan fingerprint density at radius 1 is 1.25 bits per heavy atom. The van der Waals surface area contributed by atoms with E-state index in [1.165, 1.54) is 5.56 Å². The average Bonchev–Trinajstić information content (AvgIpc) is 2.90. The highest BCUT2D eigenvalue weighted by Gasteiger charge is 2.24. The maximum Gasteiger partial charge on any atom is 0.122 e. The minimum Gasteiger partial charge on any atom is -0.493 e. The molecule has 1 atom stereocenters. The van der Waals surface area contributed by atoms with E-state index in [9.17, 15) is 0 Å². The molecular weight excluding hydrogens is 248 g/mol. The molecule has 2 aromatic carbocycles. The molecule has 1 unspecified atom stereocenters. The lowest BCUT2D eigenvalue weighted by Gasteiger charge is -2.22. The van der Waals surface area contributed by atoms with E-state index >= 15 is 0 Å². The van der Waals surface area contributed by atoms with Crippen LogP contribution in [0.15, 0.2) is 48.5 Å². The predicted octanol–water partition coefficient (Wildman–Crippen LogP) is 3.17. The van der Waals surface area contributed by atoms with Gasteiger partial charge in [-0.1, -0.05) is 24.3 Å². The largest absolute Gasteiger partial charge is 0.493 e. The number of rotatable bonds is 3. The van der Waals surface area contributed by atoms with Crippen LogP contribution in [0.4, 0.5) is 5.69 Å². The van der Waals surface area contributed by atoms with Crippen LogP contribution < -0.4 is 9.64 Å². The lowest BCUT2D eigenvalue weighted by atomic mass is 10.0. The predicted molar refractivity (Wildman–Crippen MR) is 79.1 cm³/mol. The van der Waals surface area contributed by atoms with Gasteiger partial charge in [-0.2, -0.15) is 5.26 Å². The zero-order chi connectivity index (χ0) is 13.9. The minimum atomic E-state index is 0.377. The molecule has 0 saturated heterocycles. The average molecular weight is 264 g/mol. The van der Waals surface area contributed by atoms with Crippen LogP contribution in [0.3, 0.4) is 0 Å². The van der Waals surface area contributed by atoms with Crippen LogP contribution in [0, 0.1) is 11.3 Å². The molecule has 0 fully saturated rings. The molecule has 1 heterocycles. The van der Waals surface area contributed by atoms with Crippen LogP contribution in [0.5, 0.6) is 5.75 Å². The summed E-state index contributed by atoms with van der Waals surface area (Å²) in [5, 5.41) is 8.97. The molecule has 0 N–H and O–H groups in total. The number of ether oxygens (including phenoxy) is 1. The van der Waals surface area contributed by atoms with E-state index in [0.29, 0.717) is 11.5 Å². The zero-order valence-corrected chi connectivity index (χ0v) is 11.4. The van der Waals surface area contributed by atoms with Crippen molar-refractivity contribution in [3.05, 3.63) is 59.7 Å². The molecule has 3 heteroatoms. The summed E-state index contributed by atoms with van der Waals surface area (Å²) in [6.45, 7) is 1.60. The van der Waals surface area contributed by atoms with Gasteiger partial charge in [0, 0.05) is 30.8 Å². The summed E-state index contributed by atoms with van der Waals surface area (Å²) in [5.41, 5.74) is 3.03. The number of hydrogen-bond donors (Lipinski definition) is 0. The molecule has 2 aromatic rings. The smallest absolute Gasteiger partial charge is 0.122 e. The Morgan fingerprint density at radius 2 is 2.10 bits per heavy atom. The molecule has 100 valence electrons. The van der Waals surface area contributed by atoms with Crippen LogP contribution >= 0.6 is 0 Å². The van der Waals surface area contributed by atoms with E-state index in [4.69, 9.17) is 10.00 Å². The van der Waals surface area contributed by atoms with Crippen LogP contribution in [-0.2, 0) is 0 Å². The first-order valence-electron chi connectivity index (χ1n) is 6.71. The van der Waals surface area contributed by atoms with Gasteiger partial charge in [0.15, 0.2) is 0 Å². The highest BCUT2D eigenvalue weighted by molar-refractivity contribution is 5.52. The molecule has 0 aliphatic carbocycles. The molecule has 0 bridgehead atoms. The van der Waals surface area contributed by atoms with E-state index < -0.39 is 0 Å². The first kappa shape index (κ1) is 12.6. The molecule has 0 amide bonds. The molecule has 3 rings (SSSR count). The molecule has 0 radical (unpaired) electrons. The monoisotopic (exact) mass is 264 g/mol. The Morgan fingerprint density at radius 3 is 2.95 bits per heavy atom. The summed E-state index contributed by atoms with van der Waals surface area (Å²) in [6.07, 6.45) is 0. The highest BCUT2D eigenvalue weighted by Crippen LogP contribution is 2.34. The van der Waals surface area contributed by atoms with Crippen molar-refractivity contribution >= 4 is 5.69 Å². The van der Waals surface area contributed by atoms with Crippen molar-refractivity contribution in [2.24, 2.45) is 0 Å². The molecular formula is C17H16N2O. The first-order valence-corrected chi connectivity index (χ1v) is 6.71. The minimum absolute atomic E-state index is 0.377. The van der Waals surface area contributed by atoms with E-state index in [1.54, 1.807) is 0 Å². The summed E-state index contributed by atoms with van der Waals surface area (Å²) >= 11 is 0. The number of benzene rings is 2. The van der Waals surface area contributed by atoms with Crippen LogP contribution in [0.1, 0.15) is 17.0 Å². The Hall–Kier alpha value is -2.47. The van der Waals surface area contributed by atoms with E-state index in [0.717, 1.165) is 24.6 Å². The summed E-state index contributed by atoms with van der Waals surface area (Å²) in [4.78, 5) is 2.18. The third-order valence-corrected chi connectivity index (χ3v) is 3.71. The number of nitriles is 1. The zero-order valence-electron chi connectivity index (χ0n) is 11.4. The second-order valence-corrected chi connectivity index (χ2v) is 5.09. The second-order valence-electron chi connectivity index (χ2n) is 5.09. The van der Waals surface area contributed by atoms with Gasteiger partial charge in [-0.15, -0.1) is 0 Å². The highest BCUT2D eigenvalue weighted by atomic mass is 16.5. The maximum absolute atomic E-state index is 8.97. The quantitative estimate of drug-likeness (QED) is 0.854. The number of para-hydroxylation sites is 1. The second kappa shape index (κ2) is 5.26. The maximum atomic E-state index is 8.97. The van der Waals surface area contributed by atoms with Gasteiger partial charge < -0.3 is 9.64 Å². The van der Waals surface area contributed by atoms with E-state index in [2.05, 4.69) is 30.1 Å².